The first kappa shape index (κ1) is 22.2. The molecule has 166 valence electrons. The van der Waals surface area contributed by atoms with Gasteiger partial charge >= 0.3 is 0 Å². The summed E-state index contributed by atoms with van der Waals surface area (Å²) in [6.07, 6.45) is 0.287. The molecule has 6 heteroatoms. The van der Waals surface area contributed by atoms with Crippen LogP contribution in [0.3, 0.4) is 0 Å². The number of rotatable bonds is 5. The first-order valence-corrected chi connectivity index (χ1v) is 11.8. The molecule has 1 aliphatic heterocycles. The Balaban J connectivity index is 1.35. The van der Waals surface area contributed by atoms with Gasteiger partial charge in [0.25, 0.3) is 0 Å². The second-order valence-corrected chi connectivity index (χ2v) is 10.3. The second-order valence-electron chi connectivity index (χ2n) is 9.39. The number of likely N-dealkylation sites (tertiary alicyclic amines) is 1. The lowest BCUT2D eigenvalue weighted by molar-refractivity contribution is -0.132. The summed E-state index contributed by atoms with van der Waals surface area (Å²) >= 11 is 1.63. The third kappa shape index (κ3) is 4.91. The molecule has 5 nitrogen and oxygen atoms in total. The van der Waals surface area contributed by atoms with E-state index in [9.17, 15) is 9.59 Å². The van der Waals surface area contributed by atoms with Crippen molar-refractivity contribution in [2.24, 2.45) is 5.92 Å². The Hall–Kier alpha value is -2.99. The minimum absolute atomic E-state index is 0.0513. The highest BCUT2D eigenvalue weighted by molar-refractivity contribution is 7.13. The minimum Gasteiger partial charge on any atom is -0.352 e. The van der Waals surface area contributed by atoms with Crippen LogP contribution in [0.25, 0.3) is 21.8 Å². The third-order valence-corrected chi connectivity index (χ3v) is 6.72. The molecule has 2 heterocycles. The van der Waals surface area contributed by atoms with Crippen LogP contribution in [0.5, 0.6) is 0 Å². The van der Waals surface area contributed by atoms with Gasteiger partial charge in [0, 0.05) is 41.6 Å². The Morgan fingerprint density at radius 2 is 1.75 bits per heavy atom. The number of aromatic nitrogens is 1. The Bertz CT molecular complexity index is 1110. The number of carbonyl (C=O) groups excluding carboxylic acids is 2. The summed E-state index contributed by atoms with van der Waals surface area (Å²) in [5.41, 5.74) is 5.17. The van der Waals surface area contributed by atoms with E-state index in [1.165, 1.54) is 5.56 Å². The van der Waals surface area contributed by atoms with E-state index in [0.717, 1.165) is 27.4 Å². The van der Waals surface area contributed by atoms with Gasteiger partial charge in [0.1, 0.15) is 5.01 Å². The maximum absolute atomic E-state index is 12.6. The highest BCUT2D eigenvalue weighted by Crippen LogP contribution is 2.29. The van der Waals surface area contributed by atoms with Crippen LogP contribution in [0.1, 0.15) is 38.3 Å². The molecule has 2 aromatic carbocycles. The normalized spacial score (nSPS) is 16.4. The summed E-state index contributed by atoms with van der Waals surface area (Å²) in [6, 6.07) is 16.5. The molecule has 1 fully saturated rings. The molecular weight excluding hydrogens is 418 g/mol. The summed E-state index contributed by atoms with van der Waals surface area (Å²) in [5.74, 6) is -0.288. The first-order valence-electron chi connectivity index (χ1n) is 10.9. The standard InChI is InChI=1S/C26H29N3O2S/c1-17-5-9-19(10-6-17)22-16-32-25(28-22)20-11-7-18(8-12-20)14-27-24(31)21-13-23(30)29(15-21)26(2,3)4/h5-12,16,21H,13-15H2,1-4H3,(H,27,31). The van der Waals surface area contributed by atoms with E-state index in [2.05, 4.69) is 41.9 Å². The van der Waals surface area contributed by atoms with Crippen molar-refractivity contribution in [2.45, 2.75) is 46.2 Å². The lowest BCUT2D eigenvalue weighted by Crippen LogP contribution is -2.43. The Morgan fingerprint density at radius 3 is 2.38 bits per heavy atom. The van der Waals surface area contributed by atoms with Crippen molar-refractivity contribution in [1.82, 2.24) is 15.2 Å². The van der Waals surface area contributed by atoms with Gasteiger partial charge in [-0.2, -0.15) is 0 Å². The van der Waals surface area contributed by atoms with Gasteiger partial charge in [0.05, 0.1) is 11.6 Å². The van der Waals surface area contributed by atoms with Crippen LogP contribution < -0.4 is 5.32 Å². The lowest BCUT2D eigenvalue weighted by atomic mass is 10.1. The van der Waals surface area contributed by atoms with Gasteiger partial charge < -0.3 is 10.2 Å². The molecule has 1 atom stereocenters. The van der Waals surface area contributed by atoms with Crippen molar-refractivity contribution in [3.05, 3.63) is 65.0 Å². The number of hydrogen-bond acceptors (Lipinski definition) is 4. The molecule has 3 aromatic rings. The molecule has 0 bridgehead atoms. The largest absolute Gasteiger partial charge is 0.352 e. The zero-order chi connectivity index (χ0) is 22.9. The molecule has 32 heavy (non-hydrogen) atoms. The predicted octanol–water partition coefficient (Wildman–Crippen LogP) is 5.05. The van der Waals surface area contributed by atoms with Crippen LogP contribution in [-0.4, -0.2) is 33.8 Å². The van der Waals surface area contributed by atoms with Crippen LogP contribution in [0.15, 0.2) is 53.9 Å². The predicted molar refractivity (Wildman–Crippen MR) is 129 cm³/mol. The molecular formula is C26H29N3O2S. The quantitative estimate of drug-likeness (QED) is 0.595. The van der Waals surface area contributed by atoms with E-state index >= 15 is 0 Å². The summed E-state index contributed by atoms with van der Waals surface area (Å²) in [5, 5.41) is 6.05. The van der Waals surface area contributed by atoms with Crippen molar-refractivity contribution in [3.8, 4) is 21.8 Å². The number of thiazole rings is 1. The van der Waals surface area contributed by atoms with Crippen LogP contribution in [0, 0.1) is 12.8 Å². The van der Waals surface area contributed by atoms with E-state index in [-0.39, 0.29) is 29.7 Å². The molecule has 0 radical (unpaired) electrons. The van der Waals surface area contributed by atoms with Crippen molar-refractivity contribution in [1.29, 1.82) is 0 Å². The van der Waals surface area contributed by atoms with Gasteiger partial charge in [-0.3, -0.25) is 9.59 Å². The molecule has 0 aliphatic carbocycles. The van der Waals surface area contributed by atoms with Crippen molar-refractivity contribution in [3.63, 3.8) is 0 Å². The summed E-state index contributed by atoms with van der Waals surface area (Å²) in [7, 11) is 0. The van der Waals surface area contributed by atoms with Crippen LogP contribution >= 0.6 is 11.3 Å². The maximum atomic E-state index is 12.6. The van der Waals surface area contributed by atoms with Gasteiger partial charge in [0.15, 0.2) is 0 Å². The average molecular weight is 448 g/mol. The molecule has 0 saturated carbocycles. The molecule has 0 spiro atoms. The minimum atomic E-state index is -0.281. The van der Waals surface area contributed by atoms with Gasteiger partial charge in [0.2, 0.25) is 11.8 Å². The summed E-state index contributed by atoms with van der Waals surface area (Å²) in [6.45, 7) is 9.01. The Morgan fingerprint density at radius 1 is 1.09 bits per heavy atom. The van der Waals surface area contributed by atoms with E-state index in [1.807, 2.05) is 45.0 Å². The second kappa shape index (κ2) is 8.87. The summed E-state index contributed by atoms with van der Waals surface area (Å²) in [4.78, 5) is 31.4. The summed E-state index contributed by atoms with van der Waals surface area (Å²) < 4.78 is 0. The van der Waals surface area contributed by atoms with E-state index < -0.39 is 0 Å². The fourth-order valence-corrected chi connectivity index (χ4v) is 4.73. The fraction of sp³-hybridized carbons (Fsp3) is 0.346. The first-order chi connectivity index (χ1) is 15.2. The Labute approximate surface area is 193 Å². The van der Waals surface area contributed by atoms with E-state index in [0.29, 0.717) is 13.1 Å². The maximum Gasteiger partial charge on any atom is 0.225 e. The van der Waals surface area contributed by atoms with Crippen LogP contribution in [0.4, 0.5) is 0 Å². The van der Waals surface area contributed by atoms with Gasteiger partial charge in [-0.05, 0) is 33.3 Å². The molecule has 4 rings (SSSR count). The number of carbonyl (C=O) groups is 2. The van der Waals surface area contributed by atoms with Crippen molar-refractivity contribution < 1.29 is 9.59 Å². The number of nitrogens with zero attached hydrogens (tertiary/aromatic N) is 2. The number of nitrogens with one attached hydrogen (secondary N) is 1. The lowest BCUT2D eigenvalue weighted by Gasteiger charge is -2.31. The number of aryl methyl sites for hydroxylation is 1. The Kier molecular flexibility index (Phi) is 6.15. The SMILES string of the molecule is Cc1ccc(-c2csc(-c3ccc(CNC(=O)C4CC(=O)N(C(C)(C)C)C4)cc3)n2)cc1. The van der Waals surface area contributed by atoms with Gasteiger partial charge in [-0.1, -0.05) is 54.1 Å². The van der Waals surface area contributed by atoms with E-state index in [4.69, 9.17) is 4.98 Å². The number of amides is 2. The van der Waals surface area contributed by atoms with Gasteiger partial charge in [-0.25, -0.2) is 4.98 Å². The highest BCUT2D eigenvalue weighted by atomic mass is 32.1. The van der Waals surface area contributed by atoms with Crippen LogP contribution in [0.2, 0.25) is 0 Å². The van der Waals surface area contributed by atoms with Crippen molar-refractivity contribution >= 4 is 23.2 Å². The zero-order valence-corrected chi connectivity index (χ0v) is 19.8. The monoisotopic (exact) mass is 447 g/mol. The molecule has 1 saturated heterocycles. The fourth-order valence-electron chi connectivity index (χ4n) is 3.89. The molecule has 1 unspecified atom stereocenters. The average Bonchev–Trinajstić information content (AvgIpc) is 3.40. The zero-order valence-electron chi connectivity index (χ0n) is 19.0. The highest BCUT2D eigenvalue weighted by Gasteiger charge is 2.39. The molecule has 2 amide bonds. The third-order valence-electron chi connectivity index (χ3n) is 5.82. The van der Waals surface area contributed by atoms with E-state index in [1.54, 1.807) is 16.2 Å². The van der Waals surface area contributed by atoms with Crippen molar-refractivity contribution in [2.75, 3.05) is 6.54 Å². The molecule has 1 aliphatic rings. The van der Waals surface area contributed by atoms with Gasteiger partial charge in [-0.15, -0.1) is 11.3 Å². The smallest absolute Gasteiger partial charge is 0.225 e. The number of benzene rings is 2. The number of hydrogen-bond donors (Lipinski definition) is 1. The molecule has 1 aromatic heterocycles. The molecule has 1 N–H and O–H groups in total. The van der Waals surface area contributed by atoms with Crippen LogP contribution in [-0.2, 0) is 16.1 Å². The topological polar surface area (TPSA) is 62.3 Å².